The second kappa shape index (κ2) is 5.66. The smallest absolute Gasteiger partial charge is 0.338 e. The monoisotopic (exact) mass is 332 g/mol. The van der Waals surface area contributed by atoms with Gasteiger partial charge in [-0.25, -0.2) is 13.7 Å². The largest absolute Gasteiger partial charge is 0.478 e. The van der Waals surface area contributed by atoms with Gasteiger partial charge in [0.1, 0.15) is 11.0 Å². The Kier molecular flexibility index (Phi) is 3.82. The van der Waals surface area contributed by atoms with E-state index in [-0.39, 0.29) is 17.3 Å². The highest BCUT2D eigenvalue weighted by Gasteiger charge is 2.24. The third-order valence-corrected chi connectivity index (χ3v) is 3.96. The van der Waals surface area contributed by atoms with Crippen LogP contribution >= 0.6 is 11.6 Å². The Morgan fingerprint density at radius 1 is 1.22 bits per heavy atom. The predicted molar refractivity (Wildman–Crippen MR) is 86.6 cm³/mol. The van der Waals surface area contributed by atoms with Crippen molar-refractivity contribution in [2.45, 2.75) is 19.8 Å². The lowest BCUT2D eigenvalue weighted by Crippen LogP contribution is -2.12. The number of carbonyl (C=O) groups is 1. The van der Waals surface area contributed by atoms with Gasteiger partial charge in [0.2, 0.25) is 0 Å². The van der Waals surface area contributed by atoms with Gasteiger partial charge in [-0.15, -0.1) is 0 Å². The molecule has 0 aliphatic carbocycles. The highest BCUT2D eigenvalue weighted by atomic mass is 35.5. The van der Waals surface area contributed by atoms with E-state index < -0.39 is 5.97 Å². The summed E-state index contributed by atoms with van der Waals surface area (Å²) >= 11 is 6.16. The molecule has 1 aromatic carbocycles. The van der Waals surface area contributed by atoms with Gasteiger partial charge in [-0.1, -0.05) is 37.6 Å². The number of carboxylic acids is 1. The molecule has 118 valence electrons. The number of aromatic nitrogens is 2. The van der Waals surface area contributed by atoms with Crippen LogP contribution in [0.25, 0.3) is 16.6 Å². The van der Waals surface area contributed by atoms with E-state index in [2.05, 4.69) is 5.10 Å². The van der Waals surface area contributed by atoms with Gasteiger partial charge in [0.25, 0.3) is 0 Å². The lowest BCUT2D eigenvalue weighted by molar-refractivity contribution is 0.0695. The van der Waals surface area contributed by atoms with Crippen LogP contribution < -0.4 is 0 Å². The molecule has 0 atom stereocenters. The number of halogens is 2. The Morgan fingerprint density at radius 2 is 1.87 bits per heavy atom. The number of rotatable bonds is 3. The SMILES string of the molecule is CC(C)c1nn2c(Cl)ccc2c(-c2ccc(F)cc2)c1C(=O)O. The van der Waals surface area contributed by atoms with Crippen molar-refractivity contribution >= 4 is 23.1 Å². The number of fused-ring (bicyclic) bond motifs is 1. The maximum atomic E-state index is 13.2. The minimum Gasteiger partial charge on any atom is -0.478 e. The molecular weight excluding hydrogens is 319 g/mol. The summed E-state index contributed by atoms with van der Waals surface area (Å²) in [7, 11) is 0. The van der Waals surface area contributed by atoms with Gasteiger partial charge in [-0.05, 0) is 35.7 Å². The number of benzene rings is 1. The van der Waals surface area contributed by atoms with E-state index in [1.54, 1.807) is 24.3 Å². The van der Waals surface area contributed by atoms with Gasteiger partial charge >= 0.3 is 5.97 Å². The Bertz CT molecular complexity index is 901. The average molecular weight is 333 g/mol. The van der Waals surface area contributed by atoms with Crippen LogP contribution in [-0.2, 0) is 0 Å². The molecule has 0 aliphatic heterocycles. The zero-order valence-corrected chi connectivity index (χ0v) is 13.3. The molecule has 0 amide bonds. The summed E-state index contributed by atoms with van der Waals surface area (Å²) in [6, 6.07) is 9.09. The molecule has 0 unspecified atom stereocenters. The Labute approximate surface area is 137 Å². The molecule has 4 nitrogen and oxygen atoms in total. The van der Waals surface area contributed by atoms with Crippen LogP contribution in [0.5, 0.6) is 0 Å². The normalized spacial score (nSPS) is 11.3. The van der Waals surface area contributed by atoms with Crippen LogP contribution in [0, 0.1) is 5.82 Å². The molecule has 0 aliphatic rings. The first-order valence-electron chi connectivity index (χ1n) is 7.10. The molecule has 23 heavy (non-hydrogen) atoms. The lowest BCUT2D eigenvalue weighted by Gasteiger charge is -2.16. The van der Waals surface area contributed by atoms with Crippen molar-refractivity contribution < 1.29 is 14.3 Å². The van der Waals surface area contributed by atoms with Crippen LogP contribution in [0.15, 0.2) is 36.4 Å². The molecular formula is C17H14ClFN2O2. The summed E-state index contributed by atoms with van der Waals surface area (Å²) in [6.45, 7) is 3.74. The summed E-state index contributed by atoms with van der Waals surface area (Å²) in [6.07, 6.45) is 0. The van der Waals surface area contributed by atoms with Crippen molar-refractivity contribution in [1.82, 2.24) is 9.61 Å². The van der Waals surface area contributed by atoms with Gasteiger partial charge in [0, 0.05) is 5.56 Å². The summed E-state index contributed by atoms with van der Waals surface area (Å²) in [4.78, 5) is 11.9. The minimum absolute atomic E-state index is 0.108. The first kappa shape index (κ1) is 15.5. The van der Waals surface area contributed by atoms with Gasteiger partial charge in [-0.3, -0.25) is 0 Å². The Hall–Kier alpha value is -2.40. The van der Waals surface area contributed by atoms with Crippen molar-refractivity contribution in [1.29, 1.82) is 0 Å². The molecule has 0 saturated heterocycles. The van der Waals surface area contributed by atoms with E-state index in [0.29, 0.717) is 27.5 Å². The van der Waals surface area contributed by atoms with Gasteiger partial charge in [0.05, 0.1) is 16.8 Å². The second-order valence-corrected chi connectivity index (χ2v) is 5.94. The quantitative estimate of drug-likeness (QED) is 0.761. The van der Waals surface area contributed by atoms with Gasteiger partial charge in [0.15, 0.2) is 0 Å². The number of hydrogen-bond acceptors (Lipinski definition) is 2. The van der Waals surface area contributed by atoms with Crippen molar-refractivity contribution in [3.05, 3.63) is 58.6 Å². The predicted octanol–water partition coefficient (Wildman–Crippen LogP) is 4.62. The van der Waals surface area contributed by atoms with Crippen LogP contribution in [0.2, 0.25) is 5.15 Å². The molecule has 0 bridgehead atoms. The molecule has 0 radical (unpaired) electrons. The van der Waals surface area contributed by atoms with E-state index >= 15 is 0 Å². The van der Waals surface area contributed by atoms with E-state index in [4.69, 9.17) is 11.6 Å². The zero-order chi connectivity index (χ0) is 16.7. The molecule has 6 heteroatoms. The van der Waals surface area contributed by atoms with Crippen LogP contribution in [0.3, 0.4) is 0 Å². The molecule has 0 saturated carbocycles. The summed E-state index contributed by atoms with van der Waals surface area (Å²) in [5.41, 5.74) is 2.22. The Morgan fingerprint density at radius 3 is 2.43 bits per heavy atom. The fourth-order valence-corrected chi connectivity index (χ4v) is 2.83. The fraction of sp³-hybridized carbons (Fsp3) is 0.176. The van der Waals surface area contributed by atoms with E-state index in [1.807, 2.05) is 13.8 Å². The molecule has 3 aromatic rings. The van der Waals surface area contributed by atoms with Crippen molar-refractivity contribution in [2.24, 2.45) is 0 Å². The van der Waals surface area contributed by atoms with Gasteiger partial charge < -0.3 is 5.11 Å². The number of aromatic carboxylic acids is 1. The summed E-state index contributed by atoms with van der Waals surface area (Å²) in [5, 5.41) is 14.5. The first-order valence-corrected chi connectivity index (χ1v) is 7.48. The second-order valence-electron chi connectivity index (χ2n) is 5.56. The molecule has 1 N–H and O–H groups in total. The lowest BCUT2D eigenvalue weighted by atomic mass is 9.94. The molecule has 3 rings (SSSR count). The van der Waals surface area contributed by atoms with Crippen LogP contribution in [0.4, 0.5) is 4.39 Å². The van der Waals surface area contributed by atoms with E-state index in [9.17, 15) is 14.3 Å². The average Bonchev–Trinajstić information content (AvgIpc) is 2.87. The highest BCUT2D eigenvalue weighted by Crippen LogP contribution is 2.34. The maximum Gasteiger partial charge on any atom is 0.338 e. The topological polar surface area (TPSA) is 54.6 Å². The molecule has 0 fully saturated rings. The number of nitrogens with zero attached hydrogens (tertiary/aromatic N) is 2. The minimum atomic E-state index is -1.07. The molecule has 2 aromatic heterocycles. The standard InChI is InChI=1S/C17H14ClFN2O2/c1-9(2)16-15(17(22)23)14(10-3-5-11(19)6-4-10)12-7-8-13(18)21(12)20-16/h3-9H,1-2H3,(H,22,23). The third kappa shape index (κ3) is 2.57. The highest BCUT2D eigenvalue weighted by molar-refractivity contribution is 6.30. The third-order valence-electron chi connectivity index (χ3n) is 3.67. The van der Waals surface area contributed by atoms with Crippen molar-refractivity contribution in [2.75, 3.05) is 0 Å². The van der Waals surface area contributed by atoms with Crippen molar-refractivity contribution in [3.8, 4) is 11.1 Å². The van der Waals surface area contributed by atoms with Gasteiger partial charge in [-0.2, -0.15) is 5.10 Å². The van der Waals surface area contributed by atoms with E-state index in [1.165, 1.54) is 16.6 Å². The maximum absolute atomic E-state index is 13.2. The van der Waals surface area contributed by atoms with Crippen LogP contribution in [-0.4, -0.2) is 20.7 Å². The molecule has 2 heterocycles. The summed E-state index contributed by atoms with van der Waals surface area (Å²) in [5.74, 6) is -1.56. The first-order chi connectivity index (χ1) is 10.9. The van der Waals surface area contributed by atoms with E-state index in [0.717, 1.165) is 0 Å². The zero-order valence-electron chi connectivity index (χ0n) is 12.5. The van der Waals surface area contributed by atoms with Crippen molar-refractivity contribution in [3.63, 3.8) is 0 Å². The van der Waals surface area contributed by atoms with Crippen LogP contribution in [0.1, 0.15) is 35.8 Å². The fourth-order valence-electron chi connectivity index (χ4n) is 2.64. The number of hydrogen-bond donors (Lipinski definition) is 1. The molecule has 0 spiro atoms. The summed E-state index contributed by atoms with van der Waals surface area (Å²) < 4.78 is 14.7. The Balaban J connectivity index is 2.47. The number of carboxylic acid groups (broad SMARTS) is 1.